The molecule has 0 atom stereocenters. The molecule has 26 heavy (non-hydrogen) atoms. The van der Waals surface area contributed by atoms with Crippen LogP contribution in [0.5, 0.6) is 0 Å². The minimum Gasteiger partial charge on any atom is -0.383 e. The number of urea groups is 1. The quantitative estimate of drug-likeness (QED) is 0.792. The smallest absolute Gasteiger partial charge is 0.318 e. The van der Waals surface area contributed by atoms with Gasteiger partial charge >= 0.3 is 6.03 Å². The molecule has 1 aromatic carbocycles. The van der Waals surface area contributed by atoms with Gasteiger partial charge in [0.2, 0.25) is 0 Å². The van der Waals surface area contributed by atoms with Gasteiger partial charge in [0.15, 0.2) is 0 Å². The Bertz CT molecular complexity index is 712. The number of carbonyl (C=O) groups excluding carboxylic acids is 1. The Kier molecular flexibility index (Phi) is 5.89. The summed E-state index contributed by atoms with van der Waals surface area (Å²) in [4.78, 5) is 18.8. The van der Waals surface area contributed by atoms with Gasteiger partial charge in [-0.05, 0) is 43.4 Å². The van der Waals surface area contributed by atoms with E-state index in [2.05, 4.69) is 41.5 Å². The van der Waals surface area contributed by atoms with Crippen molar-refractivity contribution in [3.63, 3.8) is 0 Å². The van der Waals surface area contributed by atoms with E-state index in [0.29, 0.717) is 19.7 Å². The average Bonchev–Trinajstić information content (AvgIpc) is 3.40. The number of methoxy groups -OCH3 is 1. The number of aromatic nitrogens is 1. The minimum absolute atomic E-state index is 0.0319. The molecule has 5 nitrogen and oxygen atoms in total. The van der Waals surface area contributed by atoms with Gasteiger partial charge in [0.1, 0.15) is 0 Å². The Balaban J connectivity index is 1.63. The fraction of sp³-hybridized carbons (Fsp3) is 0.429. The van der Waals surface area contributed by atoms with E-state index in [1.807, 2.05) is 12.1 Å². The molecule has 5 heteroatoms. The molecular weight excluding hydrogens is 326 g/mol. The van der Waals surface area contributed by atoms with Gasteiger partial charge in [-0.2, -0.15) is 0 Å². The molecule has 0 unspecified atom stereocenters. The number of carbonyl (C=O) groups is 1. The lowest BCUT2D eigenvalue weighted by molar-refractivity contribution is 0.144. The van der Waals surface area contributed by atoms with Gasteiger partial charge < -0.3 is 15.0 Å². The van der Waals surface area contributed by atoms with Crippen molar-refractivity contribution >= 4 is 6.03 Å². The minimum atomic E-state index is -0.105. The maximum Gasteiger partial charge on any atom is 0.318 e. The third-order valence-electron chi connectivity index (χ3n) is 4.84. The average molecular weight is 353 g/mol. The maximum absolute atomic E-state index is 12.9. The molecule has 0 saturated heterocycles. The highest BCUT2D eigenvalue weighted by molar-refractivity contribution is 5.75. The number of ether oxygens (including phenoxy) is 1. The summed E-state index contributed by atoms with van der Waals surface area (Å²) in [6.07, 6.45) is 6.47. The van der Waals surface area contributed by atoms with Gasteiger partial charge in [-0.15, -0.1) is 0 Å². The molecule has 1 fully saturated rings. The molecule has 1 N–H and O–H groups in total. The Hall–Kier alpha value is -2.40. The number of pyridine rings is 1. The van der Waals surface area contributed by atoms with Crippen molar-refractivity contribution in [2.75, 3.05) is 20.3 Å². The fourth-order valence-electron chi connectivity index (χ4n) is 3.07. The second-order valence-corrected chi connectivity index (χ2v) is 7.15. The Morgan fingerprint density at radius 3 is 2.62 bits per heavy atom. The molecule has 2 amide bonds. The van der Waals surface area contributed by atoms with Gasteiger partial charge in [0, 0.05) is 38.1 Å². The van der Waals surface area contributed by atoms with Gasteiger partial charge in [0.05, 0.1) is 6.61 Å². The van der Waals surface area contributed by atoms with Crippen molar-refractivity contribution in [2.45, 2.75) is 38.3 Å². The van der Waals surface area contributed by atoms with Crippen molar-refractivity contribution in [1.82, 2.24) is 15.2 Å². The Morgan fingerprint density at radius 1 is 1.23 bits per heavy atom. The van der Waals surface area contributed by atoms with E-state index < -0.39 is 0 Å². The van der Waals surface area contributed by atoms with E-state index >= 15 is 0 Å². The zero-order chi connectivity index (χ0) is 18.4. The zero-order valence-corrected chi connectivity index (χ0v) is 15.6. The molecule has 1 saturated carbocycles. The molecule has 1 aliphatic carbocycles. The largest absolute Gasteiger partial charge is 0.383 e. The molecular formula is C21H27N3O2. The van der Waals surface area contributed by atoms with Crippen molar-refractivity contribution in [3.05, 3.63) is 65.5 Å². The Morgan fingerprint density at radius 2 is 2.00 bits per heavy atom. The summed E-state index contributed by atoms with van der Waals surface area (Å²) in [5.41, 5.74) is 3.43. The number of hydrogen-bond donors (Lipinski definition) is 1. The highest BCUT2D eigenvalue weighted by Crippen LogP contribution is 2.38. The first kappa shape index (κ1) is 18.4. The van der Waals surface area contributed by atoms with Crippen LogP contribution < -0.4 is 5.32 Å². The van der Waals surface area contributed by atoms with Crippen LogP contribution in [-0.2, 0) is 17.7 Å². The van der Waals surface area contributed by atoms with Crippen LogP contribution in [0, 0.1) is 6.92 Å². The predicted octanol–water partition coefficient (Wildman–Crippen LogP) is 3.32. The highest BCUT2D eigenvalue weighted by Gasteiger charge is 2.44. The molecule has 0 spiro atoms. The van der Waals surface area contributed by atoms with Gasteiger partial charge in [-0.3, -0.25) is 4.98 Å². The predicted molar refractivity (Wildman–Crippen MR) is 102 cm³/mol. The van der Waals surface area contributed by atoms with Gasteiger partial charge in [-0.1, -0.05) is 35.9 Å². The number of aryl methyl sites for hydroxylation is 1. The van der Waals surface area contributed by atoms with Gasteiger partial charge in [-0.25, -0.2) is 4.79 Å². The first-order valence-corrected chi connectivity index (χ1v) is 9.11. The fourth-order valence-corrected chi connectivity index (χ4v) is 3.07. The van der Waals surface area contributed by atoms with Gasteiger partial charge in [0.25, 0.3) is 0 Å². The third-order valence-corrected chi connectivity index (χ3v) is 4.84. The molecule has 1 aliphatic rings. The first-order chi connectivity index (χ1) is 12.6. The SMILES string of the molecule is COCCN(Cc1cccnc1)C(=O)NC1(Cc2ccc(C)cc2)CC1. The molecule has 1 heterocycles. The summed E-state index contributed by atoms with van der Waals surface area (Å²) in [6, 6.07) is 12.4. The number of hydrogen-bond acceptors (Lipinski definition) is 3. The summed E-state index contributed by atoms with van der Waals surface area (Å²) >= 11 is 0. The van der Waals surface area contributed by atoms with E-state index in [1.165, 1.54) is 11.1 Å². The lowest BCUT2D eigenvalue weighted by atomic mass is 10.0. The molecule has 3 rings (SSSR count). The van der Waals surface area contributed by atoms with Crippen molar-refractivity contribution < 1.29 is 9.53 Å². The van der Waals surface area contributed by atoms with Crippen LogP contribution in [0.15, 0.2) is 48.8 Å². The molecule has 138 valence electrons. The zero-order valence-electron chi connectivity index (χ0n) is 15.6. The monoisotopic (exact) mass is 353 g/mol. The number of nitrogens with one attached hydrogen (secondary N) is 1. The van der Waals surface area contributed by atoms with Crippen molar-refractivity contribution in [3.8, 4) is 0 Å². The standard InChI is InChI=1S/C21H27N3O2/c1-17-5-7-18(8-6-17)14-21(9-10-21)23-20(25)24(12-13-26-2)16-19-4-3-11-22-15-19/h3-8,11,15H,9-10,12-14,16H2,1-2H3,(H,23,25). The van der Waals surface area contributed by atoms with E-state index in [-0.39, 0.29) is 11.6 Å². The third kappa shape index (κ3) is 5.05. The normalized spacial score (nSPS) is 14.7. The van der Waals surface area contributed by atoms with Crippen molar-refractivity contribution in [2.24, 2.45) is 0 Å². The maximum atomic E-state index is 12.9. The molecule has 1 aromatic heterocycles. The van der Waals surface area contributed by atoms with Crippen LogP contribution in [0.25, 0.3) is 0 Å². The van der Waals surface area contributed by atoms with E-state index in [9.17, 15) is 4.79 Å². The van der Waals surface area contributed by atoms with Crippen molar-refractivity contribution in [1.29, 1.82) is 0 Å². The lowest BCUT2D eigenvalue weighted by Crippen LogP contribution is -2.47. The van der Waals surface area contributed by atoms with Crippen LogP contribution in [0.1, 0.15) is 29.5 Å². The second kappa shape index (κ2) is 8.32. The van der Waals surface area contributed by atoms with Crippen LogP contribution in [-0.4, -0.2) is 41.7 Å². The lowest BCUT2D eigenvalue weighted by Gasteiger charge is -2.26. The topological polar surface area (TPSA) is 54.5 Å². The number of benzene rings is 1. The summed E-state index contributed by atoms with van der Waals surface area (Å²) in [7, 11) is 1.65. The van der Waals surface area contributed by atoms with Crippen LogP contribution in [0.4, 0.5) is 4.79 Å². The van der Waals surface area contributed by atoms with E-state index in [0.717, 1.165) is 24.8 Å². The summed E-state index contributed by atoms with van der Waals surface area (Å²) in [5, 5.41) is 3.27. The van der Waals surface area contributed by atoms with E-state index in [1.54, 1.807) is 24.4 Å². The second-order valence-electron chi connectivity index (χ2n) is 7.15. The van der Waals surface area contributed by atoms with Crippen LogP contribution in [0.2, 0.25) is 0 Å². The first-order valence-electron chi connectivity index (χ1n) is 9.11. The summed E-state index contributed by atoms with van der Waals surface area (Å²) < 4.78 is 5.18. The summed E-state index contributed by atoms with van der Waals surface area (Å²) in [6.45, 7) is 3.69. The molecule has 2 aromatic rings. The summed E-state index contributed by atoms with van der Waals surface area (Å²) in [5.74, 6) is 0. The number of amides is 2. The highest BCUT2D eigenvalue weighted by atomic mass is 16.5. The number of rotatable bonds is 8. The molecule has 0 radical (unpaired) electrons. The van der Waals surface area contributed by atoms with Crippen LogP contribution >= 0.6 is 0 Å². The number of nitrogens with zero attached hydrogens (tertiary/aromatic N) is 2. The molecule has 0 aliphatic heterocycles. The van der Waals surface area contributed by atoms with Crippen LogP contribution in [0.3, 0.4) is 0 Å². The molecule has 0 bridgehead atoms. The Labute approximate surface area is 155 Å². The van der Waals surface area contributed by atoms with E-state index in [4.69, 9.17) is 4.74 Å².